The van der Waals surface area contributed by atoms with Gasteiger partial charge in [0.25, 0.3) is 0 Å². The zero-order valence-electron chi connectivity index (χ0n) is 8.62. The lowest BCUT2D eigenvalue weighted by atomic mass is 9.98. The molecule has 4 heteroatoms. The van der Waals surface area contributed by atoms with Crippen molar-refractivity contribution in [3.05, 3.63) is 0 Å². The van der Waals surface area contributed by atoms with Gasteiger partial charge in [-0.1, -0.05) is 0 Å². The molecule has 0 amide bonds. The normalized spacial score (nSPS) is 23.4. The SMILES string of the molecule is COC(C)C(=O)CC(=O)C1CCOC1. The van der Waals surface area contributed by atoms with Crippen molar-refractivity contribution < 1.29 is 19.1 Å². The third kappa shape index (κ3) is 2.89. The summed E-state index contributed by atoms with van der Waals surface area (Å²) in [6, 6.07) is 0. The minimum atomic E-state index is -0.485. The van der Waals surface area contributed by atoms with Crippen molar-refractivity contribution in [1.82, 2.24) is 0 Å². The van der Waals surface area contributed by atoms with E-state index in [9.17, 15) is 9.59 Å². The maximum absolute atomic E-state index is 11.5. The first kappa shape index (κ1) is 11.3. The number of carbonyl (C=O) groups excluding carboxylic acids is 2. The molecular weight excluding hydrogens is 184 g/mol. The Morgan fingerprint density at radius 2 is 2.29 bits per heavy atom. The second kappa shape index (κ2) is 5.22. The summed E-state index contributed by atoms with van der Waals surface area (Å²) >= 11 is 0. The number of ketones is 2. The molecule has 2 unspecified atom stereocenters. The number of carbonyl (C=O) groups is 2. The molecule has 0 radical (unpaired) electrons. The quantitative estimate of drug-likeness (QED) is 0.609. The van der Waals surface area contributed by atoms with Crippen LogP contribution in [0.25, 0.3) is 0 Å². The Morgan fingerprint density at radius 3 is 2.79 bits per heavy atom. The van der Waals surface area contributed by atoms with Crippen LogP contribution < -0.4 is 0 Å². The molecular formula is C10H16O4. The van der Waals surface area contributed by atoms with Crippen LogP contribution in [0.3, 0.4) is 0 Å². The molecule has 1 rings (SSSR count). The molecule has 0 saturated carbocycles. The lowest BCUT2D eigenvalue weighted by Crippen LogP contribution is -2.25. The Morgan fingerprint density at radius 1 is 1.57 bits per heavy atom. The molecule has 14 heavy (non-hydrogen) atoms. The van der Waals surface area contributed by atoms with Crippen molar-refractivity contribution in [3.8, 4) is 0 Å². The van der Waals surface area contributed by atoms with Gasteiger partial charge in [-0.2, -0.15) is 0 Å². The lowest BCUT2D eigenvalue weighted by molar-refractivity contribution is -0.134. The van der Waals surface area contributed by atoms with Gasteiger partial charge in [0.05, 0.1) is 13.0 Å². The van der Waals surface area contributed by atoms with Crippen LogP contribution >= 0.6 is 0 Å². The zero-order valence-corrected chi connectivity index (χ0v) is 8.62. The standard InChI is InChI=1S/C10H16O4/c1-7(13-2)9(11)5-10(12)8-3-4-14-6-8/h7-8H,3-6H2,1-2H3. The van der Waals surface area contributed by atoms with Crippen molar-refractivity contribution in [2.24, 2.45) is 5.92 Å². The predicted octanol–water partition coefficient (Wildman–Crippen LogP) is 0.586. The monoisotopic (exact) mass is 200 g/mol. The average molecular weight is 200 g/mol. The van der Waals surface area contributed by atoms with Gasteiger partial charge < -0.3 is 9.47 Å². The maximum atomic E-state index is 11.5. The van der Waals surface area contributed by atoms with Gasteiger partial charge in [-0.15, -0.1) is 0 Å². The Labute approximate surface area is 83.6 Å². The molecule has 0 aromatic rings. The first-order valence-electron chi connectivity index (χ1n) is 4.81. The summed E-state index contributed by atoms with van der Waals surface area (Å²) in [6.07, 6.45) is 0.234. The van der Waals surface area contributed by atoms with E-state index in [0.29, 0.717) is 13.2 Å². The van der Waals surface area contributed by atoms with E-state index in [4.69, 9.17) is 9.47 Å². The molecule has 0 bridgehead atoms. The molecule has 0 spiro atoms. The van der Waals surface area contributed by atoms with E-state index in [0.717, 1.165) is 6.42 Å². The Hall–Kier alpha value is -0.740. The molecule has 1 saturated heterocycles. The minimum absolute atomic E-state index is 0.0172. The third-order valence-electron chi connectivity index (χ3n) is 2.54. The van der Waals surface area contributed by atoms with Crippen LogP contribution in [0.1, 0.15) is 19.8 Å². The Bertz CT molecular complexity index is 218. The molecule has 80 valence electrons. The highest BCUT2D eigenvalue weighted by atomic mass is 16.5. The second-order valence-corrected chi connectivity index (χ2v) is 3.55. The van der Waals surface area contributed by atoms with Crippen molar-refractivity contribution in [2.45, 2.75) is 25.9 Å². The summed E-state index contributed by atoms with van der Waals surface area (Å²) in [4.78, 5) is 22.9. The average Bonchev–Trinajstić information content (AvgIpc) is 2.69. The van der Waals surface area contributed by atoms with E-state index < -0.39 is 6.10 Å². The molecule has 1 heterocycles. The van der Waals surface area contributed by atoms with Crippen molar-refractivity contribution in [2.75, 3.05) is 20.3 Å². The van der Waals surface area contributed by atoms with E-state index in [-0.39, 0.29) is 23.9 Å². The maximum Gasteiger partial charge on any atom is 0.168 e. The van der Waals surface area contributed by atoms with Crippen LogP contribution in [0, 0.1) is 5.92 Å². The summed E-state index contributed by atoms with van der Waals surface area (Å²) in [5, 5.41) is 0. The molecule has 1 aliphatic rings. The molecule has 1 aliphatic heterocycles. The second-order valence-electron chi connectivity index (χ2n) is 3.55. The van der Waals surface area contributed by atoms with Gasteiger partial charge in [-0.25, -0.2) is 0 Å². The number of Topliss-reactive ketones (excluding diaryl/α,β-unsaturated/α-hetero) is 2. The highest BCUT2D eigenvalue weighted by Gasteiger charge is 2.26. The summed E-state index contributed by atoms with van der Waals surface area (Å²) in [6.45, 7) is 2.75. The van der Waals surface area contributed by atoms with Crippen molar-refractivity contribution >= 4 is 11.6 Å². The Kier molecular flexibility index (Phi) is 4.22. The molecule has 1 fully saturated rings. The molecule has 0 aromatic carbocycles. The minimum Gasteiger partial charge on any atom is -0.381 e. The fourth-order valence-electron chi connectivity index (χ4n) is 1.38. The van der Waals surface area contributed by atoms with Gasteiger partial charge in [-0.05, 0) is 13.3 Å². The molecule has 0 N–H and O–H groups in total. The summed E-state index contributed by atoms with van der Waals surface area (Å²) in [7, 11) is 1.46. The van der Waals surface area contributed by atoms with Gasteiger partial charge in [0.15, 0.2) is 5.78 Å². The van der Waals surface area contributed by atoms with Crippen LogP contribution in [-0.2, 0) is 19.1 Å². The van der Waals surface area contributed by atoms with Gasteiger partial charge in [0.1, 0.15) is 11.9 Å². The summed E-state index contributed by atoms with van der Waals surface area (Å²) in [5.74, 6) is -0.246. The first-order chi connectivity index (χ1) is 6.65. The highest BCUT2D eigenvalue weighted by molar-refractivity contribution is 6.01. The van der Waals surface area contributed by atoms with Crippen LogP contribution in [0.4, 0.5) is 0 Å². The molecule has 0 aliphatic carbocycles. The topological polar surface area (TPSA) is 52.6 Å². The summed E-state index contributed by atoms with van der Waals surface area (Å²) in [5.41, 5.74) is 0. The van der Waals surface area contributed by atoms with E-state index in [1.54, 1.807) is 6.92 Å². The fourth-order valence-corrected chi connectivity index (χ4v) is 1.38. The van der Waals surface area contributed by atoms with Crippen LogP contribution in [0.15, 0.2) is 0 Å². The third-order valence-corrected chi connectivity index (χ3v) is 2.54. The number of hydrogen-bond acceptors (Lipinski definition) is 4. The van der Waals surface area contributed by atoms with Crippen LogP contribution in [0.5, 0.6) is 0 Å². The predicted molar refractivity (Wildman–Crippen MR) is 50.0 cm³/mol. The highest BCUT2D eigenvalue weighted by Crippen LogP contribution is 2.15. The Balaban J connectivity index is 2.35. The molecule has 2 atom stereocenters. The van der Waals surface area contributed by atoms with Crippen LogP contribution in [0.2, 0.25) is 0 Å². The smallest absolute Gasteiger partial charge is 0.168 e. The van der Waals surface area contributed by atoms with Gasteiger partial charge in [-0.3, -0.25) is 9.59 Å². The van der Waals surface area contributed by atoms with E-state index >= 15 is 0 Å². The van der Waals surface area contributed by atoms with Crippen molar-refractivity contribution in [3.63, 3.8) is 0 Å². The van der Waals surface area contributed by atoms with Gasteiger partial charge >= 0.3 is 0 Å². The van der Waals surface area contributed by atoms with E-state index in [2.05, 4.69) is 0 Å². The fraction of sp³-hybridized carbons (Fsp3) is 0.800. The largest absolute Gasteiger partial charge is 0.381 e. The lowest BCUT2D eigenvalue weighted by Gasteiger charge is -2.09. The van der Waals surface area contributed by atoms with Crippen molar-refractivity contribution in [1.29, 1.82) is 0 Å². The zero-order chi connectivity index (χ0) is 10.6. The van der Waals surface area contributed by atoms with Gasteiger partial charge in [0, 0.05) is 19.6 Å². The van der Waals surface area contributed by atoms with Crippen LogP contribution in [-0.4, -0.2) is 38.0 Å². The van der Waals surface area contributed by atoms with E-state index in [1.165, 1.54) is 7.11 Å². The molecule has 0 aromatic heterocycles. The summed E-state index contributed by atoms with van der Waals surface area (Å²) < 4.78 is 9.93. The number of ether oxygens (including phenoxy) is 2. The number of hydrogen-bond donors (Lipinski definition) is 0. The molecule has 4 nitrogen and oxygen atoms in total. The van der Waals surface area contributed by atoms with Gasteiger partial charge in [0.2, 0.25) is 0 Å². The number of methoxy groups -OCH3 is 1. The van der Waals surface area contributed by atoms with E-state index in [1.807, 2.05) is 0 Å². The number of rotatable bonds is 5. The first-order valence-corrected chi connectivity index (χ1v) is 4.81.